The average molecular weight is 343 g/mol. The van der Waals surface area contributed by atoms with Crippen LogP contribution in [-0.4, -0.2) is 20.3 Å². The molecule has 0 bridgehead atoms. The maximum Gasteiger partial charge on any atom is 0.242 e. The Kier molecular flexibility index (Phi) is 5.01. The molecule has 1 aromatic rings. The molecule has 0 radical (unpaired) electrons. The van der Waals surface area contributed by atoms with Gasteiger partial charge in [-0.05, 0) is 37.0 Å². The highest BCUT2D eigenvalue weighted by Gasteiger charge is 2.31. The highest BCUT2D eigenvalue weighted by atomic mass is 35.5. The summed E-state index contributed by atoms with van der Waals surface area (Å²) in [5.74, 6) is 0.630. The zero-order valence-electron chi connectivity index (χ0n) is 10.1. The molecule has 1 saturated carbocycles. The van der Waals surface area contributed by atoms with E-state index in [9.17, 15) is 8.42 Å². The van der Waals surface area contributed by atoms with Crippen molar-refractivity contribution in [1.29, 1.82) is 0 Å². The Labute approximate surface area is 128 Å². The van der Waals surface area contributed by atoms with E-state index in [-0.39, 0.29) is 21.9 Å². The molecule has 1 aliphatic rings. The molecule has 1 aromatic carbocycles. The number of rotatable bonds is 4. The molecule has 106 valence electrons. The molecule has 0 amide bonds. The second-order valence-corrected chi connectivity index (χ2v) is 7.48. The Morgan fingerprint density at radius 2 is 2.00 bits per heavy atom. The van der Waals surface area contributed by atoms with Crippen LogP contribution in [0.5, 0.6) is 0 Å². The predicted octanol–water partition coefficient (Wildman–Crippen LogP) is 3.68. The first-order valence-electron chi connectivity index (χ1n) is 5.97. The smallest absolute Gasteiger partial charge is 0.208 e. The number of alkyl halides is 1. The van der Waals surface area contributed by atoms with Gasteiger partial charge in [-0.2, -0.15) is 0 Å². The van der Waals surface area contributed by atoms with Crippen LogP contribution in [0.1, 0.15) is 19.3 Å². The molecule has 19 heavy (non-hydrogen) atoms. The van der Waals surface area contributed by atoms with E-state index in [1.165, 1.54) is 12.1 Å². The first-order valence-corrected chi connectivity index (χ1v) is 8.75. The van der Waals surface area contributed by atoms with Crippen LogP contribution in [0.2, 0.25) is 10.0 Å². The third-order valence-electron chi connectivity index (χ3n) is 3.35. The summed E-state index contributed by atoms with van der Waals surface area (Å²) in [6.45, 7) is 0. The van der Waals surface area contributed by atoms with Gasteiger partial charge in [0.1, 0.15) is 4.90 Å². The van der Waals surface area contributed by atoms with Gasteiger partial charge in [-0.3, -0.25) is 0 Å². The lowest BCUT2D eigenvalue weighted by molar-refractivity contribution is 0.480. The molecule has 2 atom stereocenters. The molecule has 0 aliphatic heterocycles. The van der Waals surface area contributed by atoms with Crippen LogP contribution in [0.3, 0.4) is 0 Å². The normalized spacial score (nSPS) is 23.7. The molecule has 2 rings (SSSR count). The minimum atomic E-state index is -3.66. The number of nitrogens with one attached hydrogen (secondary N) is 1. The van der Waals surface area contributed by atoms with E-state index in [4.69, 9.17) is 34.8 Å². The Morgan fingerprint density at radius 3 is 2.68 bits per heavy atom. The molecule has 0 heterocycles. The SMILES string of the molecule is O=S(=O)(NC1CCCC1CCl)c1cc(Cl)ccc1Cl. The molecule has 1 fully saturated rings. The van der Waals surface area contributed by atoms with Gasteiger partial charge in [0.05, 0.1) is 5.02 Å². The van der Waals surface area contributed by atoms with Gasteiger partial charge in [-0.1, -0.05) is 29.6 Å². The molecule has 1 N–H and O–H groups in total. The number of hydrogen-bond donors (Lipinski definition) is 1. The maximum absolute atomic E-state index is 12.3. The second kappa shape index (κ2) is 6.19. The van der Waals surface area contributed by atoms with Crippen molar-refractivity contribution >= 4 is 44.8 Å². The van der Waals surface area contributed by atoms with Crippen molar-refractivity contribution in [2.45, 2.75) is 30.2 Å². The summed E-state index contributed by atoms with van der Waals surface area (Å²) in [6.07, 6.45) is 2.72. The van der Waals surface area contributed by atoms with Crippen molar-refractivity contribution in [3.8, 4) is 0 Å². The third-order valence-corrected chi connectivity index (χ3v) is 5.95. The quantitative estimate of drug-likeness (QED) is 0.848. The van der Waals surface area contributed by atoms with Crippen LogP contribution >= 0.6 is 34.8 Å². The van der Waals surface area contributed by atoms with Gasteiger partial charge >= 0.3 is 0 Å². The molecule has 0 spiro atoms. The Hall–Kier alpha value is -0.000000000000000167. The molecule has 3 nitrogen and oxygen atoms in total. The van der Waals surface area contributed by atoms with Crippen LogP contribution in [-0.2, 0) is 10.0 Å². The van der Waals surface area contributed by atoms with Gasteiger partial charge in [-0.25, -0.2) is 13.1 Å². The largest absolute Gasteiger partial charge is 0.242 e. The first kappa shape index (κ1) is 15.4. The zero-order valence-corrected chi connectivity index (χ0v) is 13.2. The number of benzene rings is 1. The second-order valence-electron chi connectivity index (χ2n) is 4.65. The van der Waals surface area contributed by atoms with Gasteiger partial charge in [0.15, 0.2) is 0 Å². The molecule has 0 aromatic heterocycles. The van der Waals surface area contributed by atoms with Gasteiger partial charge in [0.25, 0.3) is 0 Å². The zero-order chi connectivity index (χ0) is 14.0. The molecule has 2 unspecified atom stereocenters. The Bertz CT molecular complexity index is 562. The van der Waals surface area contributed by atoms with Crippen molar-refractivity contribution in [2.75, 3.05) is 5.88 Å². The van der Waals surface area contributed by atoms with E-state index < -0.39 is 10.0 Å². The summed E-state index contributed by atoms with van der Waals surface area (Å²) in [5, 5.41) is 0.502. The van der Waals surface area contributed by atoms with E-state index in [1.807, 2.05) is 0 Å². The maximum atomic E-state index is 12.3. The lowest BCUT2D eigenvalue weighted by Gasteiger charge is -2.19. The van der Waals surface area contributed by atoms with Crippen LogP contribution < -0.4 is 4.72 Å². The summed E-state index contributed by atoms with van der Waals surface area (Å²) in [5.41, 5.74) is 0. The lowest BCUT2D eigenvalue weighted by atomic mass is 10.1. The van der Waals surface area contributed by atoms with Crippen LogP contribution in [0.4, 0.5) is 0 Å². The van der Waals surface area contributed by atoms with Crippen molar-refractivity contribution in [3.05, 3.63) is 28.2 Å². The average Bonchev–Trinajstić information content (AvgIpc) is 2.78. The number of halogens is 3. The highest BCUT2D eigenvalue weighted by Crippen LogP contribution is 2.30. The number of sulfonamides is 1. The van der Waals surface area contributed by atoms with Gasteiger partial charge in [0.2, 0.25) is 10.0 Å². The van der Waals surface area contributed by atoms with Crippen molar-refractivity contribution in [2.24, 2.45) is 5.92 Å². The Balaban J connectivity index is 2.25. The first-order chi connectivity index (χ1) is 8.94. The summed E-state index contributed by atoms with van der Waals surface area (Å²) in [4.78, 5) is 0.0156. The summed E-state index contributed by atoms with van der Waals surface area (Å²) in [6, 6.07) is 4.26. The van der Waals surface area contributed by atoms with Crippen molar-refractivity contribution < 1.29 is 8.42 Å². The molecule has 7 heteroatoms. The van der Waals surface area contributed by atoms with Gasteiger partial charge in [0, 0.05) is 16.9 Å². The van der Waals surface area contributed by atoms with E-state index >= 15 is 0 Å². The summed E-state index contributed by atoms with van der Waals surface area (Å²) in [7, 11) is -3.66. The molecule has 0 saturated heterocycles. The minimum Gasteiger partial charge on any atom is -0.208 e. The van der Waals surface area contributed by atoms with Crippen molar-refractivity contribution in [3.63, 3.8) is 0 Å². The molecular weight excluding hydrogens is 329 g/mol. The summed E-state index contributed by atoms with van der Waals surface area (Å²) < 4.78 is 27.3. The number of hydrogen-bond acceptors (Lipinski definition) is 2. The standard InChI is InChI=1S/C12H14Cl3NO2S/c13-7-8-2-1-3-11(8)16-19(17,18)12-6-9(14)4-5-10(12)15/h4-6,8,11,16H,1-3,7H2. The van der Waals surface area contributed by atoms with Crippen LogP contribution in [0, 0.1) is 5.92 Å². The van der Waals surface area contributed by atoms with E-state index in [2.05, 4.69) is 4.72 Å². The topological polar surface area (TPSA) is 46.2 Å². The molecule has 1 aliphatic carbocycles. The predicted molar refractivity (Wildman–Crippen MR) is 78.6 cm³/mol. The fraction of sp³-hybridized carbons (Fsp3) is 0.500. The lowest BCUT2D eigenvalue weighted by Crippen LogP contribution is -2.38. The highest BCUT2D eigenvalue weighted by molar-refractivity contribution is 7.89. The fourth-order valence-corrected chi connectivity index (χ4v) is 4.79. The van der Waals surface area contributed by atoms with Crippen LogP contribution in [0.25, 0.3) is 0 Å². The van der Waals surface area contributed by atoms with E-state index in [0.717, 1.165) is 19.3 Å². The van der Waals surface area contributed by atoms with Gasteiger partial charge in [-0.15, -0.1) is 11.6 Å². The fourth-order valence-electron chi connectivity index (χ4n) is 2.32. The molecular formula is C12H14Cl3NO2S. The van der Waals surface area contributed by atoms with Crippen LogP contribution in [0.15, 0.2) is 23.1 Å². The summed E-state index contributed by atoms with van der Waals surface area (Å²) >= 11 is 17.6. The van der Waals surface area contributed by atoms with E-state index in [0.29, 0.717) is 10.9 Å². The minimum absolute atomic E-state index is 0.0156. The monoisotopic (exact) mass is 341 g/mol. The van der Waals surface area contributed by atoms with Gasteiger partial charge < -0.3 is 0 Å². The van der Waals surface area contributed by atoms with E-state index in [1.54, 1.807) is 6.07 Å². The Morgan fingerprint density at radius 1 is 1.26 bits per heavy atom. The van der Waals surface area contributed by atoms with Crippen molar-refractivity contribution in [1.82, 2.24) is 4.72 Å². The third kappa shape index (κ3) is 3.56.